The second kappa shape index (κ2) is 4.14. The van der Waals surface area contributed by atoms with Crippen molar-refractivity contribution in [2.24, 2.45) is 5.41 Å². The Balaban J connectivity index is 1.96. The van der Waals surface area contributed by atoms with Crippen LogP contribution in [0.5, 0.6) is 0 Å². The number of ether oxygens (including phenoxy) is 2. The first-order valence-electron chi connectivity index (χ1n) is 6.06. The first kappa shape index (κ1) is 12.6. The summed E-state index contributed by atoms with van der Waals surface area (Å²) in [7, 11) is 0. The van der Waals surface area contributed by atoms with Crippen molar-refractivity contribution in [1.29, 1.82) is 0 Å². The molecule has 2 aliphatic heterocycles. The van der Waals surface area contributed by atoms with E-state index in [1.807, 2.05) is 20.8 Å². The fourth-order valence-electron chi connectivity index (χ4n) is 2.41. The summed E-state index contributed by atoms with van der Waals surface area (Å²) < 4.78 is 10.6. The summed E-state index contributed by atoms with van der Waals surface area (Å²) in [6.07, 6.45) is 0.0244. The minimum Gasteiger partial charge on any atom is -0.444 e. The lowest BCUT2D eigenvalue weighted by atomic mass is 9.84. The molecule has 1 amide bonds. The Hall–Kier alpha value is -0.810. The van der Waals surface area contributed by atoms with Gasteiger partial charge in [0, 0.05) is 18.5 Å². The van der Waals surface area contributed by atoms with Gasteiger partial charge in [-0.05, 0) is 27.2 Å². The molecule has 17 heavy (non-hydrogen) atoms. The highest BCUT2D eigenvalue weighted by atomic mass is 16.6. The predicted molar refractivity (Wildman–Crippen MR) is 61.7 cm³/mol. The van der Waals surface area contributed by atoms with Crippen LogP contribution in [0.25, 0.3) is 0 Å². The van der Waals surface area contributed by atoms with Gasteiger partial charge in [0.2, 0.25) is 0 Å². The third-order valence-corrected chi connectivity index (χ3v) is 3.41. The lowest BCUT2D eigenvalue weighted by Gasteiger charge is -2.27. The van der Waals surface area contributed by atoms with Gasteiger partial charge < -0.3 is 19.5 Å². The number of amides is 1. The molecule has 0 radical (unpaired) electrons. The van der Waals surface area contributed by atoms with E-state index in [4.69, 9.17) is 9.47 Å². The van der Waals surface area contributed by atoms with Crippen LogP contribution < -0.4 is 0 Å². The molecule has 2 rings (SSSR count). The topological polar surface area (TPSA) is 59.0 Å². The summed E-state index contributed by atoms with van der Waals surface area (Å²) in [5.41, 5.74) is -0.742. The Kier molecular flexibility index (Phi) is 3.08. The van der Waals surface area contributed by atoms with Crippen LogP contribution in [0.15, 0.2) is 0 Å². The number of aliphatic hydroxyl groups excluding tert-OH is 1. The summed E-state index contributed by atoms with van der Waals surface area (Å²) in [6.45, 7) is 7.63. The highest BCUT2D eigenvalue weighted by molar-refractivity contribution is 5.68. The first-order valence-corrected chi connectivity index (χ1v) is 6.06. The molecule has 0 saturated carbocycles. The van der Waals surface area contributed by atoms with Gasteiger partial charge in [-0.15, -0.1) is 0 Å². The fraction of sp³-hybridized carbons (Fsp3) is 0.917. The molecule has 5 nitrogen and oxygen atoms in total. The van der Waals surface area contributed by atoms with E-state index in [-0.39, 0.29) is 11.5 Å². The van der Waals surface area contributed by atoms with Gasteiger partial charge in [0.05, 0.1) is 19.3 Å². The van der Waals surface area contributed by atoms with E-state index in [0.717, 1.165) is 6.42 Å². The number of likely N-dealkylation sites (tertiary alicyclic amines) is 1. The van der Waals surface area contributed by atoms with Crippen molar-refractivity contribution in [2.75, 3.05) is 26.3 Å². The van der Waals surface area contributed by atoms with E-state index in [1.165, 1.54) is 0 Å². The number of carbonyl (C=O) groups excluding carboxylic acids is 1. The van der Waals surface area contributed by atoms with Gasteiger partial charge in [0.1, 0.15) is 5.60 Å². The zero-order chi connectivity index (χ0) is 12.7. The molecule has 0 aromatic carbocycles. The Morgan fingerprint density at radius 3 is 2.76 bits per heavy atom. The molecule has 98 valence electrons. The van der Waals surface area contributed by atoms with E-state index < -0.39 is 11.7 Å². The van der Waals surface area contributed by atoms with Crippen molar-refractivity contribution in [3.63, 3.8) is 0 Å². The average Bonchev–Trinajstić information content (AvgIpc) is 2.74. The number of hydrogen-bond acceptors (Lipinski definition) is 4. The maximum absolute atomic E-state index is 11.9. The first-order chi connectivity index (χ1) is 7.82. The molecule has 5 heteroatoms. The summed E-state index contributed by atoms with van der Waals surface area (Å²) in [4.78, 5) is 13.6. The van der Waals surface area contributed by atoms with Crippen molar-refractivity contribution in [2.45, 2.75) is 38.9 Å². The van der Waals surface area contributed by atoms with Crippen LogP contribution in [0, 0.1) is 5.41 Å². The molecule has 2 atom stereocenters. The highest BCUT2D eigenvalue weighted by Gasteiger charge is 2.49. The maximum atomic E-state index is 11.9. The van der Waals surface area contributed by atoms with Crippen molar-refractivity contribution in [3.05, 3.63) is 0 Å². The summed E-state index contributed by atoms with van der Waals surface area (Å²) in [5.74, 6) is 0. The van der Waals surface area contributed by atoms with Crippen molar-refractivity contribution in [3.8, 4) is 0 Å². The molecule has 0 aliphatic carbocycles. The molecule has 2 aliphatic rings. The number of nitrogens with zero attached hydrogens (tertiary/aromatic N) is 1. The summed E-state index contributed by atoms with van der Waals surface area (Å²) >= 11 is 0. The molecule has 0 aromatic heterocycles. The van der Waals surface area contributed by atoms with E-state index in [0.29, 0.717) is 26.3 Å². The van der Waals surface area contributed by atoms with Crippen LogP contribution in [0.2, 0.25) is 0 Å². The van der Waals surface area contributed by atoms with Gasteiger partial charge in [-0.25, -0.2) is 4.79 Å². The monoisotopic (exact) mass is 243 g/mol. The largest absolute Gasteiger partial charge is 0.444 e. The van der Waals surface area contributed by atoms with Crippen LogP contribution in [0.4, 0.5) is 4.79 Å². The summed E-state index contributed by atoms with van der Waals surface area (Å²) in [6, 6.07) is 0. The van der Waals surface area contributed by atoms with Gasteiger partial charge in [0.15, 0.2) is 0 Å². The predicted octanol–water partition coefficient (Wildman–Crippen LogP) is 1.00. The van der Waals surface area contributed by atoms with Gasteiger partial charge >= 0.3 is 6.09 Å². The lowest BCUT2D eigenvalue weighted by Crippen LogP contribution is -2.40. The smallest absolute Gasteiger partial charge is 0.410 e. The number of hydrogen-bond donors (Lipinski definition) is 1. The normalized spacial score (nSPS) is 33.4. The molecule has 0 aromatic rings. The van der Waals surface area contributed by atoms with E-state index in [9.17, 15) is 9.90 Å². The quantitative estimate of drug-likeness (QED) is 0.689. The van der Waals surface area contributed by atoms with Crippen LogP contribution >= 0.6 is 0 Å². The Labute approximate surface area is 102 Å². The fourth-order valence-corrected chi connectivity index (χ4v) is 2.41. The molecular weight excluding hydrogens is 222 g/mol. The minimum atomic E-state index is -0.475. The molecular formula is C12H21NO4. The Bertz CT molecular complexity index is 312. The number of carbonyl (C=O) groups is 1. The van der Waals surface area contributed by atoms with E-state index in [2.05, 4.69) is 0 Å². The van der Waals surface area contributed by atoms with Crippen LogP contribution in [0.3, 0.4) is 0 Å². The second-order valence-electron chi connectivity index (χ2n) is 6.05. The van der Waals surface area contributed by atoms with Gasteiger partial charge in [-0.2, -0.15) is 0 Å². The van der Waals surface area contributed by atoms with Crippen molar-refractivity contribution in [1.82, 2.24) is 4.90 Å². The van der Waals surface area contributed by atoms with Crippen molar-refractivity contribution < 1.29 is 19.4 Å². The van der Waals surface area contributed by atoms with Crippen LogP contribution in [-0.4, -0.2) is 54.1 Å². The van der Waals surface area contributed by atoms with Crippen LogP contribution in [-0.2, 0) is 9.47 Å². The third-order valence-electron chi connectivity index (χ3n) is 3.41. The second-order valence-corrected chi connectivity index (χ2v) is 6.05. The van der Waals surface area contributed by atoms with Gasteiger partial charge in [-0.3, -0.25) is 0 Å². The minimum absolute atomic E-state index is 0.267. The molecule has 1 spiro atoms. The zero-order valence-electron chi connectivity index (χ0n) is 10.7. The zero-order valence-corrected chi connectivity index (χ0v) is 10.7. The van der Waals surface area contributed by atoms with E-state index >= 15 is 0 Å². The van der Waals surface area contributed by atoms with Crippen LogP contribution in [0.1, 0.15) is 27.2 Å². The molecule has 2 unspecified atom stereocenters. The summed E-state index contributed by atoms with van der Waals surface area (Å²) in [5, 5.41) is 9.91. The van der Waals surface area contributed by atoms with E-state index in [1.54, 1.807) is 4.90 Å². The molecule has 2 heterocycles. The molecule has 2 fully saturated rings. The van der Waals surface area contributed by atoms with Gasteiger partial charge in [0.25, 0.3) is 0 Å². The molecule has 2 saturated heterocycles. The maximum Gasteiger partial charge on any atom is 0.410 e. The number of aliphatic hydroxyl groups is 1. The Morgan fingerprint density at radius 2 is 2.24 bits per heavy atom. The molecule has 1 N–H and O–H groups in total. The highest BCUT2D eigenvalue weighted by Crippen LogP contribution is 2.38. The lowest BCUT2D eigenvalue weighted by molar-refractivity contribution is 0.0227. The number of rotatable bonds is 0. The molecule has 0 bridgehead atoms. The average molecular weight is 243 g/mol. The third kappa shape index (κ3) is 2.55. The van der Waals surface area contributed by atoms with Crippen molar-refractivity contribution >= 4 is 6.09 Å². The SMILES string of the molecule is CC(C)(C)OC(=O)N1CCC2(COCC2O)C1. The standard InChI is InChI=1S/C12H21NO4/c1-11(2,3)17-10(15)13-5-4-12(7-13)8-16-6-9(12)14/h9,14H,4-8H2,1-3H3. The Morgan fingerprint density at radius 1 is 1.53 bits per heavy atom. The van der Waals surface area contributed by atoms with Gasteiger partial charge in [-0.1, -0.05) is 0 Å².